The second-order valence-electron chi connectivity index (χ2n) is 15.2. The number of hydrogen-bond acceptors (Lipinski definition) is 4. The molecule has 0 bridgehead atoms. The summed E-state index contributed by atoms with van der Waals surface area (Å²) in [5, 5.41) is 43.6. The van der Waals surface area contributed by atoms with Gasteiger partial charge >= 0.3 is 0 Å². The van der Waals surface area contributed by atoms with Crippen LogP contribution in [0.15, 0.2) is 11.6 Å². The van der Waals surface area contributed by atoms with E-state index in [1.165, 1.54) is 0 Å². The zero-order valence-electron chi connectivity index (χ0n) is 22.7. The maximum absolute atomic E-state index is 11.3. The van der Waals surface area contributed by atoms with E-state index in [0.717, 1.165) is 51.4 Å². The highest BCUT2D eigenvalue weighted by molar-refractivity contribution is 5.34. The summed E-state index contributed by atoms with van der Waals surface area (Å²) < 4.78 is 0. The van der Waals surface area contributed by atoms with Crippen molar-refractivity contribution in [2.75, 3.05) is 6.61 Å². The number of fused-ring (bicyclic) bond motifs is 7. The lowest BCUT2D eigenvalue weighted by Crippen LogP contribution is -2.67. The fraction of sp³-hybridized carbons (Fsp3) is 0.933. The van der Waals surface area contributed by atoms with Gasteiger partial charge in [-0.25, -0.2) is 0 Å². The molecule has 34 heavy (non-hydrogen) atoms. The van der Waals surface area contributed by atoms with E-state index in [-0.39, 0.29) is 33.7 Å². The van der Waals surface area contributed by atoms with Gasteiger partial charge in [0.15, 0.2) is 0 Å². The first-order valence-electron chi connectivity index (χ1n) is 14.0. The molecule has 4 saturated carbocycles. The van der Waals surface area contributed by atoms with Crippen LogP contribution in [0.5, 0.6) is 0 Å². The molecule has 0 amide bonds. The third-order valence-electron chi connectivity index (χ3n) is 13.5. The minimum atomic E-state index is -0.685. The van der Waals surface area contributed by atoms with Crippen LogP contribution in [0.3, 0.4) is 0 Å². The Morgan fingerprint density at radius 1 is 0.794 bits per heavy atom. The fourth-order valence-electron chi connectivity index (χ4n) is 10.7. The van der Waals surface area contributed by atoms with Gasteiger partial charge in [0.2, 0.25) is 0 Å². The summed E-state index contributed by atoms with van der Waals surface area (Å²) in [6.07, 6.45) is 8.79. The zero-order chi connectivity index (χ0) is 25.1. The second kappa shape index (κ2) is 7.33. The average molecular weight is 475 g/mol. The molecule has 5 aliphatic rings. The number of aliphatic hydroxyl groups is 4. The van der Waals surface area contributed by atoms with Crippen LogP contribution in [0, 0.1) is 50.2 Å². The SMILES string of the molecule is CC1(C)C[C@@H]2C3=CC[C@@H]4[C@@]5(C)CC[C@H](O)[C@](C)(CO)C5CC[C@@]4(C)[C@]3(C)CC[C@@]2(C)[C@H](O)[C@@H]1O. The maximum atomic E-state index is 11.3. The van der Waals surface area contributed by atoms with Gasteiger partial charge in [-0.15, -0.1) is 0 Å². The van der Waals surface area contributed by atoms with Crippen molar-refractivity contribution in [1.82, 2.24) is 0 Å². The summed E-state index contributed by atoms with van der Waals surface area (Å²) in [5.41, 5.74) is 0.920. The topological polar surface area (TPSA) is 80.9 Å². The quantitative estimate of drug-likeness (QED) is 0.399. The van der Waals surface area contributed by atoms with Gasteiger partial charge in [0.05, 0.1) is 24.9 Å². The minimum absolute atomic E-state index is 0.0614. The lowest BCUT2D eigenvalue weighted by molar-refractivity contribution is -0.225. The van der Waals surface area contributed by atoms with Crippen LogP contribution in [0.25, 0.3) is 0 Å². The van der Waals surface area contributed by atoms with Gasteiger partial charge in [-0.3, -0.25) is 0 Å². The Balaban J connectivity index is 1.58. The molecule has 5 rings (SSSR count). The lowest BCUT2D eigenvalue weighted by Gasteiger charge is -2.72. The molecule has 1 unspecified atom stereocenters. The van der Waals surface area contributed by atoms with Crippen LogP contribution in [0.2, 0.25) is 0 Å². The van der Waals surface area contributed by atoms with E-state index >= 15 is 0 Å². The number of allylic oxidation sites excluding steroid dienone is 2. The summed E-state index contributed by atoms with van der Waals surface area (Å²) in [7, 11) is 0. The number of rotatable bonds is 1. The van der Waals surface area contributed by atoms with Crippen LogP contribution in [0.1, 0.15) is 99.8 Å². The van der Waals surface area contributed by atoms with E-state index in [9.17, 15) is 20.4 Å². The minimum Gasteiger partial charge on any atom is -0.396 e. The van der Waals surface area contributed by atoms with E-state index in [4.69, 9.17) is 0 Å². The summed E-state index contributed by atoms with van der Waals surface area (Å²) in [6.45, 7) is 16.2. The summed E-state index contributed by atoms with van der Waals surface area (Å²) in [5.74, 6) is 1.17. The molecule has 5 aliphatic carbocycles. The Kier molecular flexibility index (Phi) is 5.44. The van der Waals surface area contributed by atoms with Gasteiger partial charge in [0.25, 0.3) is 0 Å². The maximum Gasteiger partial charge on any atom is 0.0863 e. The first-order chi connectivity index (χ1) is 15.6. The van der Waals surface area contributed by atoms with Crippen molar-refractivity contribution in [3.63, 3.8) is 0 Å². The first kappa shape index (κ1) is 25.2. The van der Waals surface area contributed by atoms with Crippen molar-refractivity contribution < 1.29 is 20.4 Å². The van der Waals surface area contributed by atoms with Crippen molar-refractivity contribution in [3.05, 3.63) is 11.6 Å². The van der Waals surface area contributed by atoms with Crippen LogP contribution in [0.4, 0.5) is 0 Å². The van der Waals surface area contributed by atoms with Crippen molar-refractivity contribution in [1.29, 1.82) is 0 Å². The molecule has 4 N–H and O–H groups in total. The van der Waals surface area contributed by atoms with Crippen molar-refractivity contribution >= 4 is 0 Å². The molecule has 11 atom stereocenters. The van der Waals surface area contributed by atoms with Gasteiger partial charge in [0.1, 0.15) is 0 Å². The van der Waals surface area contributed by atoms with E-state index in [0.29, 0.717) is 17.8 Å². The van der Waals surface area contributed by atoms with Gasteiger partial charge < -0.3 is 20.4 Å². The second-order valence-corrected chi connectivity index (χ2v) is 15.2. The molecule has 0 radical (unpaired) electrons. The molecule has 4 nitrogen and oxygen atoms in total. The molecular weight excluding hydrogens is 424 g/mol. The van der Waals surface area contributed by atoms with Crippen molar-refractivity contribution in [3.8, 4) is 0 Å². The predicted octanol–water partition coefficient (Wildman–Crippen LogP) is 5.08. The predicted molar refractivity (Wildman–Crippen MR) is 135 cm³/mol. The van der Waals surface area contributed by atoms with Gasteiger partial charge in [-0.2, -0.15) is 0 Å². The van der Waals surface area contributed by atoms with Gasteiger partial charge in [-0.1, -0.05) is 60.1 Å². The highest BCUT2D eigenvalue weighted by Gasteiger charge is 2.69. The molecular formula is C30H50O4. The van der Waals surface area contributed by atoms with Gasteiger partial charge in [0, 0.05) is 10.8 Å². The Labute approximate surface area is 207 Å². The van der Waals surface area contributed by atoms with Crippen LogP contribution in [-0.2, 0) is 0 Å². The normalized spacial score (nSPS) is 58.6. The Morgan fingerprint density at radius 2 is 1.47 bits per heavy atom. The molecule has 0 spiro atoms. The van der Waals surface area contributed by atoms with E-state index < -0.39 is 23.7 Å². The number of aliphatic hydroxyl groups excluding tert-OH is 4. The zero-order valence-corrected chi connectivity index (χ0v) is 22.7. The summed E-state index contributed by atoms with van der Waals surface area (Å²) in [6, 6.07) is 0. The van der Waals surface area contributed by atoms with Crippen LogP contribution in [-0.4, -0.2) is 45.3 Å². The van der Waals surface area contributed by atoms with Gasteiger partial charge in [-0.05, 0) is 90.8 Å². The summed E-state index contributed by atoms with van der Waals surface area (Å²) >= 11 is 0. The lowest BCUT2D eigenvalue weighted by atomic mass is 9.33. The largest absolute Gasteiger partial charge is 0.396 e. The molecule has 4 heteroatoms. The molecule has 0 saturated heterocycles. The molecule has 0 aliphatic heterocycles. The summed E-state index contributed by atoms with van der Waals surface area (Å²) in [4.78, 5) is 0. The average Bonchev–Trinajstić information content (AvgIpc) is 2.77. The van der Waals surface area contributed by atoms with Crippen molar-refractivity contribution in [2.45, 2.75) is 118 Å². The van der Waals surface area contributed by atoms with Crippen molar-refractivity contribution in [2.24, 2.45) is 50.2 Å². The van der Waals surface area contributed by atoms with Crippen LogP contribution >= 0.6 is 0 Å². The smallest absolute Gasteiger partial charge is 0.0863 e. The number of hydrogen-bond donors (Lipinski definition) is 4. The Morgan fingerprint density at radius 3 is 2.12 bits per heavy atom. The third kappa shape index (κ3) is 2.81. The third-order valence-corrected chi connectivity index (χ3v) is 13.5. The molecule has 0 aromatic carbocycles. The monoisotopic (exact) mass is 474 g/mol. The fourth-order valence-corrected chi connectivity index (χ4v) is 10.7. The molecule has 194 valence electrons. The van der Waals surface area contributed by atoms with E-state index in [1.807, 2.05) is 0 Å². The molecule has 0 heterocycles. The Hall–Kier alpha value is -0.420. The highest BCUT2D eigenvalue weighted by atomic mass is 16.3. The molecule has 0 aromatic rings. The molecule has 4 fully saturated rings. The molecule has 0 aromatic heterocycles. The van der Waals surface area contributed by atoms with E-state index in [1.54, 1.807) is 5.57 Å². The standard InChI is InChI=1S/C30H50O4/c1-25(2)16-19-18-8-9-21-27(4)12-11-22(32)28(5,17-31)20(27)10-13-30(21,7)29(18,6)15-14-26(19,3)24(34)23(25)33/h8,19-24,31-34H,9-17H2,1-7H3/t19-,20?,21-,22+,23+,24-,26-,27+,28-,29-,30-/m1/s1. The first-order valence-corrected chi connectivity index (χ1v) is 14.0. The van der Waals surface area contributed by atoms with Crippen LogP contribution < -0.4 is 0 Å². The highest BCUT2D eigenvalue weighted by Crippen LogP contribution is 2.75. The Bertz CT molecular complexity index is 881. The van der Waals surface area contributed by atoms with E-state index in [2.05, 4.69) is 54.5 Å².